The van der Waals surface area contributed by atoms with Crippen LogP contribution in [0.1, 0.15) is 18.4 Å². The number of hydrogen-bond acceptors (Lipinski definition) is 4. The molecule has 1 heterocycles. The van der Waals surface area contributed by atoms with Crippen LogP contribution in [0, 0.1) is 0 Å². The van der Waals surface area contributed by atoms with Crippen molar-refractivity contribution in [2.45, 2.75) is 18.9 Å². The van der Waals surface area contributed by atoms with E-state index in [9.17, 15) is 4.79 Å². The molecule has 0 unspecified atom stereocenters. The predicted octanol–water partition coefficient (Wildman–Crippen LogP) is 1.92. The summed E-state index contributed by atoms with van der Waals surface area (Å²) in [6.07, 6.45) is 3.78. The van der Waals surface area contributed by atoms with Gasteiger partial charge in [0.25, 0.3) is 5.91 Å². The van der Waals surface area contributed by atoms with Crippen LogP contribution in [0.15, 0.2) is 23.9 Å². The molecular weight excluding hydrogens is 288 g/mol. The molecule has 0 spiro atoms. The Morgan fingerprint density at radius 2 is 2.10 bits per heavy atom. The van der Waals surface area contributed by atoms with Gasteiger partial charge in [0.15, 0.2) is 5.11 Å². The Morgan fingerprint density at radius 1 is 1.33 bits per heavy atom. The lowest BCUT2D eigenvalue weighted by atomic mass is 10.1. The summed E-state index contributed by atoms with van der Waals surface area (Å²) in [6, 6.07) is 5.70. The minimum atomic E-state index is -0.0765. The summed E-state index contributed by atoms with van der Waals surface area (Å²) >= 11 is 5.23. The van der Waals surface area contributed by atoms with Gasteiger partial charge in [0, 0.05) is 11.6 Å². The van der Waals surface area contributed by atoms with Crippen LogP contribution in [0.2, 0.25) is 0 Å². The monoisotopic (exact) mass is 304 g/mol. The maximum absolute atomic E-state index is 12.4. The standard InChI is InChI=1S/C15H16N2O3S/c1-19-11-5-6-13(20-2)9(7-11)8-12-14(18)17(10-3-4-10)15(21)16-12/h5-8,10H,3-4H2,1-2H3,(H,16,21)/b12-8+. The van der Waals surface area contributed by atoms with E-state index in [4.69, 9.17) is 21.7 Å². The minimum absolute atomic E-state index is 0.0765. The van der Waals surface area contributed by atoms with Gasteiger partial charge in [0.05, 0.1) is 14.2 Å². The lowest BCUT2D eigenvalue weighted by Crippen LogP contribution is -2.32. The molecule has 0 atom stereocenters. The van der Waals surface area contributed by atoms with Crippen molar-refractivity contribution in [3.63, 3.8) is 0 Å². The third-order valence-corrected chi connectivity index (χ3v) is 3.86. The molecule has 3 rings (SSSR count). The Labute approximate surface area is 128 Å². The molecule has 6 heteroatoms. The number of benzene rings is 1. The zero-order valence-electron chi connectivity index (χ0n) is 11.9. The van der Waals surface area contributed by atoms with Crippen molar-refractivity contribution in [3.8, 4) is 11.5 Å². The van der Waals surface area contributed by atoms with Crippen LogP contribution >= 0.6 is 12.2 Å². The van der Waals surface area contributed by atoms with E-state index in [0.29, 0.717) is 22.3 Å². The fraction of sp³-hybridized carbons (Fsp3) is 0.333. The number of hydrogen-bond donors (Lipinski definition) is 1. The quantitative estimate of drug-likeness (QED) is 0.680. The number of ether oxygens (including phenoxy) is 2. The molecule has 1 aromatic rings. The maximum Gasteiger partial charge on any atom is 0.276 e. The van der Waals surface area contributed by atoms with Gasteiger partial charge < -0.3 is 14.8 Å². The number of carbonyl (C=O) groups is 1. The molecule has 1 aromatic carbocycles. The summed E-state index contributed by atoms with van der Waals surface area (Å²) in [6.45, 7) is 0. The lowest BCUT2D eigenvalue weighted by Gasteiger charge is -2.11. The van der Waals surface area contributed by atoms with Gasteiger partial charge in [-0.25, -0.2) is 0 Å². The highest BCUT2D eigenvalue weighted by Crippen LogP contribution is 2.32. The van der Waals surface area contributed by atoms with E-state index in [-0.39, 0.29) is 11.9 Å². The Kier molecular flexibility index (Phi) is 3.55. The van der Waals surface area contributed by atoms with Crippen molar-refractivity contribution >= 4 is 29.3 Å². The number of methoxy groups -OCH3 is 2. The van der Waals surface area contributed by atoms with Gasteiger partial charge in [0.2, 0.25) is 0 Å². The van der Waals surface area contributed by atoms with Crippen LogP contribution in [-0.2, 0) is 4.79 Å². The van der Waals surface area contributed by atoms with Crippen molar-refractivity contribution in [3.05, 3.63) is 29.5 Å². The van der Waals surface area contributed by atoms with Gasteiger partial charge in [-0.3, -0.25) is 9.69 Å². The molecule has 1 aliphatic heterocycles. The van der Waals surface area contributed by atoms with E-state index >= 15 is 0 Å². The molecule has 1 saturated carbocycles. The van der Waals surface area contributed by atoms with Gasteiger partial charge in [-0.15, -0.1) is 0 Å². The second kappa shape index (κ2) is 5.37. The fourth-order valence-electron chi connectivity index (χ4n) is 2.32. The van der Waals surface area contributed by atoms with Gasteiger partial charge in [-0.05, 0) is 49.3 Å². The Bertz CT molecular complexity index is 638. The summed E-state index contributed by atoms with van der Waals surface area (Å²) < 4.78 is 10.5. The first-order chi connectivity index (χ1) is 10.1. The van der Waals surface area contributed by atoms with Crippen molar-refractivity contribution in [1.82, 2.24) is 10.2 Å². The molecule has 0 radical (unpaired) electrons. The van der Waals surface area contributed by atoms with E-state index in [1.807, 2.05) is 18.2 Å². The third-order valence-electron chi connectivity index (χ3n) is 3.56. The van der Waals surface area contributed by atoms with E-state index in [0.717, 1.165) is 18.4 Å². The fourth-order valence-corrected chi connectivity index (χ4v) is 2.66. The average molecular weight is 304 g/mol. The molecule has 1 saturated heterocycles. The third kappa shape index (κ3) is 2.58. The van der Waals surface area contributed by atoms with E-state index < -0.39 is 0 Å². The second-order valence-electron chi connectivity index (χ2n) is 5.00. The van der Waals surface area contributed by atoms with Crippen LogP contribution in [-0.4, -0.2) is 36.2 Å². The molecular formula is C15H16N2O3S. The average Bonchev–Trinajstić information content (AvgIpc) is 3.27. The SMILES string of the molecule is COc1ccc(OC)c(/C=C2/NC(=S)N(C3CC3)C2=O)c1. The highest BCUT2D eigenvalue weighted by molar-refractivity contribution is 7.80. The van der Waals surface area contributed by atoms with E-state index in [1.165, 1.54) is 0 Å². The first-order valence-electron chi connectivity index (χ1n) is 6.72. The van der Waals surface area contributed by atoms with Crippen LogP contribution < -0.4 is 14.8 Å². The van der Waals surface area contributed by atoms with Gasteiger partial charge in [-0.2, -0.15) is 0 Å². The summed E-state index contributed by atoms with van der Waals surface area (Å²) in [5.41, 5.74) is 1.24. The Morgan fingerprint density at radius 3 is 2.71 bits per heavy atom. The van der Waals surface area contributed by atoms with Crippen LogP contribution in [0.25, 0.3) is 6.08 Å². The van der Waals surface area contributed by atoms with Crippen LogP contribution in [0.5, 0.6) is 11.5 Å². The molecule has 110 valence electrons. The summed E-state index contributed by atoms with van der Waals surface area (Å²) in [4.78, 5) is 14.1. The van der Waals surface area contributed by atoms with Gasteiger partial charge in [-0.1, -0.05) is 0 Å². The zero-order chi connectivity index (χ0) is 15.0. The number of nitrogens with zero attached hydrogens (tertiary/aromatic N) is 1. The smallest absolute Gasteiger partial charge is 0.276 e. The first-order valence-corrected chi connectivity index (χ1v) is 7.13. The topological polar surface area (TPSA) is 50.8 Å². The largest absolute Gasteiger partial charge is 0.497 e. The summed E-state index contributed by atoms with van der Waals surface area (Å²) in [7, 11) is 3.19. The number of carbonyl (C=O) groups excluding carboxylic acids is 1. The number of thiocarbonyl (C=S) groups is 1. The second-order valence-corrected chi connectivity index (χ2v) is 5.39. The van der Waals surface area contributed by atoms with Gasteiger partial charge in [0.1, 0.15) is 17.2 Å². The zero-order valence-corrected chi connectivity index (χ0v) is 12.7. The molecule has 21 heavy (non-hydrogen) atoms. The number of nitrogens with one attached hydrogen (secondary N) is 1. The van der Waals surface area contributed by atoms with Gasteiger partial charge >= 0.3 is 0 Å². The molecule has 0 bridgehead atoms. The number of amides is 1. The van der Waals surface area contributed by atoms with E-state index in [1.54, 1.807) is 25.2 Å². The normalized spacial score (nSPS) is 19.9. The summed E-state index contributed by atoms with van der Waals surface area (Å²) in [5.74, 6) is 1.30. The lowest BCUT2D eigenvalue weighted by molar-refractivity contribution is -0.122. The van der Waals surface area contributed by atoms with Crippen molar-refractivity contribution in [2.75, 3.05) is 14.2 Å². The highest BCUT2D eigenvalue weighted by Gasteiger charge is 2.41. The highest BCUT2D eigenvalue weighted by atomic mass is 32.1. The predicted molar refractivity (Wildman–Crippen MR) is 83.1 cm³/mol. The molecule has 2 fully saturated rings. The Balaban J connectivity index is 1.94. The minimum Gasteiger partial charge on any atom is -0.497 e. The molecule has 2 aliphatic rings. The molecule has 1 aliphatic carbocycles. The molecule has 5 nitrogen and oxygen atoms in total. The van der Waals surface area contributed by atoms with Crippen molar-refractivity contribution < 1.29 is 14.3 Å². The first kappa shape index (κ1) is 13.9. The van der Waals surface area contributed by atoms with Crippen LogP contribution in [0.3, 0.4) is 0 Å². The molecule has 1 N–H and O–H groups in total. The maximum atomic E-state index is 12.4. The Hall–Kier alpha value is -2.08. The van der Waals surface area contributed by atoms with Crippen molar-refractivity contribution in [2.24, 2.45) is 0 Å². The molecule has 1 amide bonds. The summed E-state index contributed by atoms with van der Waals surface area (Å²) in [5, 5.41) is 3.47. The van der Waals surface area contributed by atoms with E-state index in [2.05, 4.69) is 5.32 Å². The number of rotatable bonds is 4. The van der Waals surface area contributed by atoms with Crippen molar-refractivity contribution in [1.29, 1.82) is 0 Å². The van der Waals surface area contributed by atoms with Crippen LogP contribution in [0.4, 0.5) is 0 Å². The molecule has 0 aromatic heterocycles.